The van der Waals surface area contributed by atoms with E-state index in [1.165, 1.54) is 0 Å². The van der Waals surface area contributed by atoms with Crippen molar-refractivity contribution in [2.45, 2.75) is 51.4 Å². The summed E-state index contributed by atoms with van der Waals surface area (Å²) in [5.41, 5.74) is 0. The average molecular weight is 227 g/mol. The molecular weight excluding hydrogens is 206 g/mol. The van der Waals surface area contributed by atoms with Crippen LogP contribution in [0.2, 0.25) is 0 Å². The van der Waals surface area contributed by atoms with Gasteiger partial charge in [0.2, 0.25) is 5.91 Å². The molecule has 1 N–H and O–H groups in total. The Labute approximate surface area is 96.6 Å². The Morgan fingerprint density at radius 2 is 2.00 bits per heavy atom. The van der Waals surface area contributed by atoms with Gasteiger partial charge in [-0.15, -0.1) is 0 Å². The molecule has 0 aromatic rings. The number of unbranched alkanes of at least 4 members (excludes halogenated alkanes) is 2. The fourth-order valence-electron chi connectivity index (χ4n) is 2.03. The lowest BCUT2D eigenvalue weighted by Gasteiger charge is -2.20. The maximum atomic E-state index is 11.6. The highest BCUT2D eigenvalue weighted by Gasteiger charge is 2.15. The molecule has 0 aliphatic carbocycles. The molecule has 1 aliphatic rings. The van der Waals surface area contributed by atoms with Crippen molar-refractivity contribution in [1.29, 1.82) is 0 Å². The molecule has 0 aromatic carbocycles. The van der Waals surface area contributed by atoms with Crippen molar-refractivity contribution in [3.8, 4) is 0 Å². The van der Waals surface area contributed by atoms with Crippen molar-refractivity contribution in [2.75, 3.05) is 13.1 Å². The van der Waals surface area contributed by atoms with Crippen LogP contribution >= 0.6 is 0 Å². The Bertz CT molecular complexity index is 240. The molecule has 0 aromatic heterocycles. The summed E-state index contributed by atoms with van der Waals surface area (Å²) in [4.78, 5) is 23.9. The van der Waals surface area contributed by atoms with Gasteiger partial charge in [0.15, 0.2) is 0 Å². The van der Waals surface area contributed by atoms with E-state index in [1.54, 1.807) is 0 Å². The van der Waals surface area contributed by atoms with Gasteiger partial charge in [-0.2, -0.15) is 0 Å². The van der Waals surface area contributed by atoms with E-state index in [2.05, 4.69) is 0 Å². The molecule has 92 valence electrons. The Kier molecular flexibility index (Phi) is 5.90. The standard InChI is InChI=1S/C12H21NO3/c14-11-7-3-1-5-9-13(11)10-6-2-4-8-12(15)16/h1-10H2,(H,15,16). The van der Waals surface area contributed by atoms with Gasteiger partial charge in [0.1, 0.15) is 0 Å². The maximum Gasteiger partial charge on any atom is 0.303 e. The minimum absolute atomic E-state index is 0.244. The molecule has 0 saturated carbocycles. The van der Waals surface area contributed by atoms with Gasteiger partial charge in [-0.3, -0.25) is 9.59 Å². The van der Waals surface area contributed by atoms with E-state index in [0.717, 1.165) is 51.6 Å². The maximum absolute atomic E-state index is 11.6. The average Bonchev–Trinajstić information content (AvgIpc) is 2.43. The number of amides is 1. The second-order valence-corrected chi connectivity index (χ2v) is 4.40. The molecule has 1 rings (SSSR count). The van der Waals surface area contributed by atoms with E-state index in [-0.39, 0.29) is 12.3 Å². The Hall–Kier alpha value is -1.06. The lowest BCUT2D eigenvalue weighted by molar-refractivity contribution is -0.137. The minimum Gasteiger partial charge on any atom is -0.481 e. The number of aliphatic carboxylic acids is 1. The molecule has 1 saturated heterocycles. The molecule has 0 bridgehead atoms. The van der Waals surface area contributed by atoms with Gasteiger partial charge in [0.25, 0.3) is 0 Å². The number of likely N-dealkylation sites (tertiary alicyclic amines) is 1. The van der Waals surface area contributed by atoms with Gasteiger partial charge in [0.05, 0.1) is 0 Å². The number of hydrogen-bond donors (Lipinski definition) is 1. The third kappa shape index (κ3) is 5.14. The van der Waals surface area contributed by atoms with Gasteiger partial charge >= 0.3 is 5.97 Å². The Morgan fingerprint density at radius 1 is 1.19 bits per heavy atom. The van der Waals surface area contributed by atoms with Crippen LogP contribution in [-0.2, 0) is 9.59 Å². The van der Waals surface area contributed by atoms with Crippen LogP contribution in [-0.4, -0.2) is 35.0 Å². The first-order chi connectivity index (χ1) is 7.70. The number of rotatable bonds is 6. The normalized spacial score (nSPS) is 17.2. The second kappa shape index (κ2) is 7.25. The zero-order valence-electron chi connectivity index (χ0n) is 9.78. The topological polar surface area (TPSA) is 57.6 Å². The molecule has 4 heteroatoms. The number of carbonyl (C=O) groups is 2. The van der Waals surface area contributed by atoms with E-state index in [4.69, 9.17) is 5.11 Å². The zero-order valence-corrected chi connectivity index (χ0v) is 9.78. The van der Waals surface area contributed by atoms with Crippen molar-refractivity contribution in [1.82, 2.24) is 4.90 Å². The van der Waals surface area contributed by atoms with Crippen LogP contribution < -0.4 is 0 Å². The number of carboxylic acid groups (broad SMARTS) is 1. The van der Waals surface area contributed by atoms with E-state index < -0.39 is 5.97 Å². The minimum atomic E-state index is -0.731. The molecule has 0 atom stereocenters. The first kappa shape index (κ1) is 13.0. The molecular formula is C12H21NO3. The summed E-state index contributed by atoms with van der Waals surface area (Å²) in [6, 6.07) is 0. The highest BCUT2D eigenvalue weighted by atomic mass is 16.4. The largest absolute Gasteiger partial charge is 0.481 e. The summed E-state index contributed by atoms with van der Waals surface area (Å²) in [6.07, 6.45) is 6.77. The highest BCUT2D eigenvalue weighted by Crippen LogP contribution is 2.12. The van der Waals surface area contributed by atoms with Gasteiger partial charge < -0.3 is 10.0 Å². The van der Waals surface area contributed by atoms with Gasteiger partial charge in [-0.25, -0.2) is 0 Å². The van der Waals surface area contributed by atoms with Crippen molar-refractivity contribution in [3.63, 3.8) is 0 Å². The molecule has 1 fully saturated rings. The highest BCUT2D eigenvalue weighted by molar-refractivity contribution is 5.76. The monoisotopic (exact) mass is 227 g/mol. The molecule has 0 unspecified atom stereocenters. The van der Waals surface area contributed by atoms with Crippen LogP contribution in [0.4, 0.5) is 0 Å². The van der Waals surface area contributed by atoms with E-state index in [0.29, 0.717) is 6.42 Å². The molecule has 1 aliphatic heterocycles. The van der Waals surface area contributed by atoms with Gasteiger partial charge in [0, 0.05) is 25.9 Å². The summed E-state index contributed by atoms with van der Waals surface area (Å²) in [5, 5.41) is 8.48. The number of carboxylic acids is 1. The quantitative estimate of drug-likeness (QED) is 0.706. The summed E-state index contributed by atoms with van der Waals surface area (Å²) < 4.78 is 0. The first-order valence-electron chi connectivity index (χ1n) is 6.20. The molecule has 1 heterocycles. The van der Waals surface area contributed by atoms with Crippen LogP contribution in [0.1, 0.15) is 51.4 Å². The smallest absolute Gasteiger partial charge is 0.303 e. The molecule has 1 amide bonds. The molecule has 16 heavy (non-hydrogen) atoms. The summed E-state index contributed by atoms with van der Waals surface area (Å²) >= 11 is 0. The van der Waals surface area contributed by atoms with Crippen LogP contribution in [0.3, 0.4) is 0 Å². The van der Waals surface area contributed by atoms with Crippen LogP contribution in [0, 0.1) is 0 Å². The summed E-state index contributed by atoms with van der Waals surface area (Å²) in [6.45, 7) is 1.69. The van der Waals surface area contributed by atoms with E-state index in [1.807, 2.05) is 4.90 Å². The number of nitrogens with zero attached hydrogens (tertiary/aromatic N) is 1. The van der Waals surface area contributed by atoms with Crippen LogP contribution in [0.15, 0.2) is 0 Å². The van der Waals surface area contributed by atoms with Crippen molar-refractivity contribution in [2.24, 2.45) is 0 Å². The third-order valence-electron chi connectivity index (χ3n) is 2.99. The van der Waals surface area contributed by atoms with Crippen molar-refractivity contribution >= 4 is 11.9 Å². The fourth-order valence-corrected chi connectivity index (χ4v) is 2.03. The summed E-state index contributed by atoms with van der Waals surface area (Å²) in [7, 11) is 0. The Morgan fingerprint density at radius 3 is 2.75 bits per heavy atom. The third-order valence-corrected chi connectivity index (χ3v) is 2.99. The van der Waals surface area contributed by atoms with Gasteiger partial charge in [-0.1, -0.05) is 12.8 Å². The lowest BCUT2D eigenvalue weighted by Crippen LogP contribution is -2.31. The Balaban J connectivity index is 2.10. The second-order valence-electron chi connectivity index (χ2n) is 4.40. The van der Waals surface area contributed by atoms with Gasteiger partial charge in [-0.05, 0) is 25.7 Å². The number of carbonyl (C=O) groups excluding carboxylic acids is 1. The number of hydrogen-bond acceptors (Lipinski definition) is 2. The predicted octanol–water partition coefficient (Wildman–Crippen LogP) is 2.03. The SMILES string of the molecule is O=C(O)CCCCCN1CCCCCC1=O. The van der Waals surface area contributed by atoms with Crippen molar-refractivity contribution < 1.29 is 14.7 Å². The molecule has 0 spiro atoms. The summed E-state index contributed by atoms with van der Waals surface area (Å²) in [5.74, 6) is -0.457. The van der Waals surface area contributed by atoms with Crippen LogP contribution in [0.5, 0.6) is 0 Å². The van der Waals surface area contributed by atoms with Crippen molar-refractivity contribution in [3.05, 3.63) is 0 Å². The molecule has 0 radical (unpaired) electrons. The predicted molar refractivity (Wildman–Crippen MR) is 61.2 cm³/mol. The van der Waals surface area contributed by atoms with Crippen LogP contribution in [0.25, 0.3) is 0 Å². The molecule has 4 nitrogen and oxygen atoms in total. The fraction of sp³-hybridized carbons (Fsp3) is 0.833. The van der Waals surface area contributed by atoms with E-state index >= 15 is 0 Å². The first-order valence-corrected chi connectivity index (χ1v) is 6.20. The zero-order chi connectivity index (χ0) is 11.8. The van der Waals surface area contributed by atoms with E-state index in [9.17, 15) is 9.59 Å². The lowest BCUT2D eigenvalue weighted by atomic mass is 10.2.